The van der Waals surface area contributed by atoms with Crippen LogP contribution in [0.1, 0.15) is 6.42 Å². The third-order valence-electron chi connectivity index (χ3n) is 1.35. The lowest BCUT2D eigenvalue weighted by atomic mass is 10.4. The van der Waals surface area contributed by atoms with Gasteiger partial charge in [-0.2, -0.15) is 11.8 Å². The third kappa shape index (κ3) is 1.35. The lowest BCUT2D eigenvalue weighted by Crippen LogP contribution is -2.09. The van der Waals surface area contributed by atoms with Crippen molar-refractivity contribution in [1.29, 1.82) is 0 Å². The van der Waals surface area contributed by atoms with Crippen LogP contribution in [-0.4, -0.2) is 24.6 Å². The fraction of sp³-hybridized carbons (Fsp3) is 1.00. The normalized spacial score (nSPS) is 31.3. The lowest BCUT2D eigenvalue weighted by Gasteiger charge is -1.98. The number of nitrogens with one attached hydrogen (secondary N) is 1. The van der Waals surface area contributed by atoms with Crippen molar-refractivity contribution >= 4 is 11.8 Å². The first-order chi connectivity index (χ1) is 3.43. The molecule has 0 spiro atoms. The monoisotopic (exact) mass is 117 g/mol. The molecule has 0 radical (unpaired) electrons. The van der Waals surface area contributed by atoms with Crippen LogP contribution in [0.4, 0.5) is 0 Å². The van der Waals surface area contributed by atoms with Gasteiger partial charge in [-0.05, 0) is 19.2 Å². The van der Waals surface area contributed by atoms with Gasteiger partial charge in [-0.25, -0.2) is 0 Å². The Kier molecular flexibility index (Phi) is 2.00. The second-order valence-corrected chi connectivity index (χ2v) is 2.99. The molecule has 0 aliphatic carbocycles. The zero-order valence-corrected chi connectivity index (χ0v) is 5.42. The molecule has 1 rings (SSSR count). The van der Waals surface area contributed by atoms with Gasteiger partial charge >= 0.3 is 0 Å². The van der Waals surface area contributed by atoms with E-state index in [2.05, 4.69) is 11.6 Å². The summed E-state index contributed by atoms with van der Waals surface area (Å²) in [6.45, 7) is 2.45. The molecule has 1 nitrogen and oxygen atoms in total. The van der Waals surface area contributed by atoms with Crippen molar-refractivity contribution in [2.75, 3.05) is 19.3 Å². The number of rotatable bonds is 1. The summed E-state index contributed by atoms with van der Waals surface area (Å²) in [6.07, 6.45) is 3.54. The number of hydrogen-bond donors (Lipinski definition) is 1. The van der Waals surface area contributed by atoms with E-state index in [9.17, 15) is 0 Å². The van der Waals surface area contributed by atoms with E-state index in [0.717, 1.165) is 5.25 Å². The average molecular weight is 117 g/mol. The van der Waals surface area contributed by atoms with Crippen molar-refractivity contribution in [3.63, 3.8) is 0 Å². The van der Waals surface area contributed by atoms with Gasteiger partial charge in [0, 0.05) is 11.8 Å². The highest BCUT2D eigenvalue weighted by Gasteiger charge is 2.10. The summed E-state index contributed by atoms with van der Waals surface area (Å²) >= 11 is 1.97. The molecule has 0 amide bonds. The molecule has 7 heavy (non-hydrogen) atoms. The minimum Gasteiger partial charge on any atom is -0.316 e. The summed E-state index contributed by atoms with van der Waals surface area (Å²) in [5.41, 5.74) is 0. The molecule has 1 saturated heterocycles. The van der Waals surface area contributed by atoms with Crippen LogP contribution in [-0.2, 0) is 0 Å². The van der Waals surface area contributed by atoms with Gasteiger partial charge in [-0.3, -0.25) is 0 Å². The molecule has 2 heteroatoms. The first-order valence-electron chi connectivity index (χ1n) is 2.67. The van der Waals surface area contributed by atoms with Gasteiger partial charge in [0.15, 0.2) is 0 Å². The highest BCUT2D eigenvalue weighted by Crippen LogP contribution is 2.12. The molecule has 1 aliphatic heterocycles. The van der Waals surface area contributed by atoms with Crippen LogP contribution >= 0.6 is 11.8 Å². The van der Waals surface area contributed by atoms with E-state index in [1.165, 1.54) is 19.5 Å². The van der Waals surface area contributed by atoms with Crippen LogP contribution in [0.2, 0.25) is 0 Å². The standard InChI is InChI=1S/C5H11NS/c1-7-5-2-3-6-4-5/h5-6H,2-4H2,1H3. The van der Waals surface area contributed by atoms with Gasteiger partial charge in [-0.1, -0.05) is 0 Å². The van der Waals surface area contributed by atoms with E-state index in [0.29, 0.717) is 0 Å². The quantitative estimate of drug-likeness (QED) is 0.543. The molecule has 0 bridgehead atoms. The molecule has 1 atom stereocenters. The second kappa shape index (κ2) is 2.58. The topological polar surface area (TPSA) is 12.0 Å². The Hall–Kier alpha value is 0.310. The SMILES string of the molecule is CSC1CCNC1. The summed E-state index contributed by atoms with van der Waals surface area (Å²) < 4.78 is 0. The zero-order valence-electron chi connectivity index (χ0n) is 4.61. The fourth-order valence-corrected chi connectivity index (χ4v) is 1.47. The first kappa shape index (κ1) is 5.45. The Balaban J connectivity index is 2.14. The van der Waals surface area contributed by atoms with E-state index in [1.807, 2.05) is 11.8 Å². The fourth-order valence-electron chi connectivity index (χ4n) is 0.829. The van der Waals surface area contributed by atoms with Crippen LogP contribution in [0.15, 0.2) is 0 Å². The first-order valence-corrected chi connectivity index (χ1v) is 3.96. The van der Waals surface area contributed by atoms with E-state index in [-0.39, 0.29) is 0 Å². The van der Waals surface area contributed by atoms with E-state index in [1.54, 1.807) is 0 Å². The van der Waals surface area contributed by atoms with Gasteiger partial charge in [0.2, 0.25) is 0 Å². The minimum absolute atomic E-state index is 0.903. The molecule has 0 aromatic carbocycles. The van der Waals surface area contributed by atoms with E-state index in [4.69, 9.17) is 0 Å². The molecule has 0 aromatic rings. The highest BCUT2D eigenvalue weighted by molar-refractivity contribution is 7.99. The summed E-state index contributed by atoms with van der Waals surface area (Å²) in [7, 11) is 0. The zero-order chi connectivity index (χ0) is 5.11. The molecule has 1 fully saturated rings. The molecule has 1 heterocycles. The summed E-state index contributed by atoms with van der Waals surface area (Å²) in [4.78, 5) is 0. The van der Waals surface area contributed by atoms with E-state index >= 15 is 0 Å². The maximum absolute atomic E-state index is 3.30. The minimum atomic E-state index is 0.903. The van der Waals surface area contributed by atoms with Gasteiger partial charge in [-0.15, -0.1) is 0 Å². The van der Waals surface area contributed by atoms with Crippen LogP contribution in [0.25, 0.3) is 0 Å². The lowest BCUT2D eigenvalue weighted by molar-refractivity contribution is 0.858. The van der Waals surface area contributed by atoms with Gasteiger partial charge in [0.05, 0.1) is 0 Å². The van der Waals surface area contributed by atoms with Gasteiger partial charge in [0.25, 0.3) is 0 Å². The van der Waals surface area contributed by atoms with Crippen molar-refractivity contribution in [3.05, 3.63) is 0 Å². The highest BCUT2D eigenvalue weighted by atomic mass is 32.2. The average Bonchev–Trinajstić information content (AvgIpc) is 2.14. The maximum atomic E-state index is 3.30. The predicted molar refractivity (Wildman–Crippen MR) is 34.8 cm³/mol. The molecule has 0 aromatic heterocycles. The Morgan fingerprint density at radius 1 is 1.71 bits per heavy atom. The molecule has 42 valence electrons. The molecule has 1 N–H and O–H groups in total. The molecule has 0 saturated carbocycles. The van der Waals surface area contributed by atoms with Gasteiger partial charge in [0.1, 0.15) is 0 Å². The van der Waals surface area contributed by atoms with Crippen molar-refractivity contribution < 1.29 is 0 Å². The smallest absolute Gasteiger partial charge is 0.0181 e. The Bertz CT molecular complexity index is 50.0. The molecule has 1 aliphatic rings. The Morgan fingerprint density at radius 3 is 2.86 bits per heavy atom. The molecular weight excluding hydrogens is 106 g/mol. The Labute approximate surface area is 48.9 Å². The molecule has 1 unspecified atom stereocenters. The van der Waals surface area contributed by atoms with Crippen molar-refractivity contribution in [1.82, 2.24) is 5.32 Å². The van der Waals surface area contributed by atoms with Crippen molar-refractivity contribution in [3.8, 4) is 0 Å². The number of thioether (sulfide) groups is 1. The number of hydrogen-bond acceptors (Lipinski definition) is 2. The van der Waals surface area contributed by atoms with E-state index < -0.39 is 0 Å². The van der Waals surface area contributed by atoms with Crippen molar-refractivity contribution in [2.45, 2.75) is 11.7 Å². The second-order valence-electron chi connectivity index (χ2n) is 1.85. The van der Waals surface area contributed by atoms with Crippen LogP contribution < -0.4 is 5.32 Å². The maximum Gasteiger partial charge on any atom is 0.0181 e. The summed E-state index contributed by atoms with van der Waals surface area (Å²) in [6, 6.07) is 0. The third-order valence-corrected chi connectivity index (χ3v) is 2.42. The summed E-state index contributed by atoms with van der Waals surface area (Å²) in [5.74, 6) is 0. The Morgan fingerprint density at radius 2 is 2.57 bits per heavy atom. The predicted octanol–water partition coefficient (Wildman–Crippen LogP) is 0.711. The van der Waals surface area contributed by atoms with Crippen LogP contribution in [0, 0.1) is 0 Å². The molecular formula is C5H11NS. The van der Waals surface area contributed by atoms with Crippen LogP contribution in [0.5, 0.6) is 0 Å². The summed E-state index contributed by atoms with van der Waals surface area (Å²) in [5, 5.41) is 4.21. The van der Waals surface area contributed by atoms with Gasteiger partial charge < -0.3 is 5.32 Å². The van der Waals surface area contributed by atoms with Crippen LogP contribution in [0.3, 0.4) is 0 Å². The largest absolute Gasteiger partial charge is 0.316 e. The van der Waals surface area contributed by atoms with Crippen molar-refractivity contribution in [2.24, 2.45) is 0 Å².